The number of amides is 1. The second kappa shape index (κ2) is 9.80. The van der Waals surface area contributed by atoms with Crippen LogP contribution in [0, 0.1) is 0 Å². The van der Waals surface area contributed by atoms with E-state index in [-0.39, 0.29) is 12.5 Å². The van der Waals surface area contributed by atoms with Crippen LogP contribution in [0.4, 0.5) is 0 Å². The molecule has 1 aromatic heterocycles. The fraction of sp³-hybridized carbons (Fsp3) is 0.522. The first kappa shape index (κ1) is 23.1. The molecule has 0 unspecified atom stereocenters. The van der Waals surface area contributed by atoms with E-state index in [4.69, 9.17) is 4.74 Å². The Morgan fingerprint density at radius 2 is 1.70 bits per heavy atom. The van der Waals surface area contributed by atoms with Crippen molar-refractivity contribution in [1.82, 2.24) is 19.3 Å². The Balaban J connectivity index is 1.54. The number of methoxy groups -OCH3 is 1. The number of fused-ring (bicyclic) bond motifs is 1. The Morgan fingerprint density at radius 1 is 1.00 bits per heavy atom. The molecular weight excluding hydrogens is 428 g/mol. The SMILES string of the molecule is COc1ccc2c(c1)c([C@@H](C(=O)O)N1CCN(CC(=O)N3CCCC3)CC1)cn2CC(=O)O. The van der Waals surface area contributed by atoms with E-state index in [0.29, 0.717) is 54.9 Å². The Labute approximate surface area is 191 Å². The minimum absolute atomic E-state index is 0.138. The summed E-state index contributed by atoms with van der Waals surface area (Å²) in [7, 11) is 1.53. The highest BCUT2D eigenvalue weighted by Gasteiger charge is 2.33. The lowest BCUT2D eigenvalue weighted by atomic mass is 10.0. The third kappa shape index (κ3) is 4.96. The van der Waals surface area contributed by atoms with Gasteiger partial charge in [0.25, 0.3) is 0 Å². The minimum atomic E-state index is -1.00. The summed E-state index contributed by atoms with van der Waals surface area (Å²) in [4.78, 5) is 42.1. The van der Waals surface area contributed by atoms with E-state index in [2.05, 4.69) is 4.90 Å². The van der Waals surface area contributed by atoms with Crippen LogP contribution in [-0.4, -0.2) is 100 Å². The fourth-order valence-corrected chi connectivity index (χ4v) is 4.85. The van der Waals surface area contributed by atoms with Gasteiger partial charge in [0.1, 0.15) is 18.3 Å². The van der Waals surface area contributed by atoms with Gasteiger partial charge in [-0.15, -0.1) is 0 Å². The van der Waals surface area contributed by atoms with Crippen LogP contribution in [-0.2, 0) is 20.9 Å². The number of piperazine rings is 1. The zero-order chi connectivity index (χ0) is 23.5. The molecule has 2 fully saturated rings. The van der Waals surface area contributed by atoms with Gasteiger partial charge in [-0.3, -0.25) is 24.2 Å². The summed E-state index contributed by atoms with van der Waals surface area (Å²) in [5.41, 5.74) is 1.19. The molecule has 2 N–H and O–H groups in total. The number of hydrogen-bond donors (Lipinski definition) is 2. The average Bonchev–Trinajstić information content (AvgIpc) is 3.43. The second-order valence-electron chi connectivity index (χ2n) is 8.63. The van der Waals surface area contributed by atoms with E-state index in [0.717, 1.165) is 25.9 Å². The quantitative estimate of drug-likeness (QED) is 0.604. The maximum Gasteiger partial charge on any atom is 0.325 e. The molecule has 4 rings (SSSR count). The van der Waals surface area contributed by atoms with Crippen molar-refractivity contribution in [3.05, 3.63) is 30.0 Å². The molecule has 0 saturated carbocycles. The number of ether oxygens (including phenoxy) is 1. The highest BCUT2D eigenvalue weighted by atomic mass is 16.5. The lowest BCUT2D eigenvalue weighted by molar-refractivity contribution is -0.145. The normalized spacial score (nSPS) is 18.5. The predicted molar refractivity (Wildman–Crippen MR) is 120 cm³/mol. The van der Waals surface area contributed by atoms with Crippen LogP contribution in [0.3, 0.4) is 0 Å². The van der Waals surface area contributed by atoms with Gasteiger partial charge in [0.05, 0.1) is 13.7 Å². The van der Waals surface area contributed by atoms with Crippen LogP contribution in [0.5, 0.6) is 5.75 Å². The second-order valence-corrected chi connectivity index (χ2v) is 8.63. The third-order valence-corrected chi connectivity index (χ3v) is 6.54. The van der Waals surface area contributed by atoms with Crippen molar-refractivity contribution >= 4 is 28.7 Å². The number of aromatic nitrogens is 1. The Kier molecular flexibility index (Phi) is 6.85. The van der Waals surface area contributed by atoms with Crippen LogP contribution in [0.15, 0.2) is 24.4 Å². The first-order valence-electron chi connectivity index (χ1n) is 11.2. The first-order valence-corrected chi connectivity index (χ1v) is 11.2. The van der Waals surface area contributed by atoms with E-state index >= 15 is 0 Å². The molecule has 1 aromatic carbocycles. The van der Waals surface area contributed by atoms with Crippen molar-refractivity contribution in [1.29, 1.82) is 0 Å². The van der Waals surface area contributed by atoms with Gasteiger partial charge >= 0.3 is 11.9 Å². The topological polar surface area (TPSA) is 116 Å². The third-order valence-electron chi connectivity index (χ3n) is 6.54. The van der Waals surface area contributed by atoms with E-state index in [1.807, 2.05) is 9.80 Å². The lowest BCUT2D eigenvalue weighted by Gasteiger charge is -2.37. The number of carboxylic acids is 2. The number of likely N-dealkylation sites (tertiary alicyclic amines) is 1. The molecule has 2 aliphatic heterocycles. The largest absolute Gasteiger partial charge is 0.497 e. The lowest BCUT2D eigenvalue weighted by Crippen LogP contribution is -2.51. The number of nitrogens with zero attached hydrogens (tertiary/aromatic N) is 4. The van der Waals surface area contributed by atoms with E-state index < -0.39 is 18.0 Å². The monoisotopic (exact) mass is 458 g/mol. The van der Waals surface area contributed by atoms with E-state index in [9.17, 15) is 24.6 Å². The number of hydrogen-bond acceptors (Lipinski definition) is 6. The van der Waals surface area contributed by atoms with Crippen molar-refractivity contribution < 1.29 is 29.3 Å². The van der Waals surface area contributed by atoms with Crippen molar-refractivity contribution in [3.63, 3.8) is 0 Å². The molecule has 33 heavy (non-hydrogen) atoms. The Morgan fingerprint density at radius 3 is 2.30 bits per heavy atom. The Bertz CT molecular complexity index is 1040. The standard InChI is InChI=1S/C23H30N4O6/c1-33-16-4-5-19-17(12-16)18(13-27(19)15-21(29)30)22(23(31)32)26-10-8-24(9-11-26)14-20(28)25-6-2-3-7-25/h4-5,12-13,22H,2-3,6-11,14-15H2,1H3,(H,29,30)(H,31,32)/t22-/m0/s1. The average molecular weight is 459 g/mol. The molecule has 0 bridgehead atoms. The zero-order valence-electron chi connectivity index (χ0n) is 18.8. The maximum absolute atomic E-state index is 12.5. The van der Waals surface area contributed by atoms with Gasteiger partial charge in [0, 0.05) is 61.9 Å². The van der Waals surface area contributed by atoms with Gasteiger partial charge in [-0.25, -0.2) is 0 Å². The molecule has 0 spiro atoms. The van der Waals surface area contributed by atoms with Gasteiger partial charge in [-0.2, -0.15) is 0 Å². The van der Waals surface area contributed by atoms with Gasteiger partial charge in [0.2, 0.25) is 5.91 Å². The summed E-state index contributed by atoms with van der Waals surface area (Å²) in [5.74, 6) is -1.28. The summed E-state index contributed by atoms with van der Waals surface area (Å²) >= 11 is 0. The zero-order valence-corrected chi connectivity index (χ0v) is 18.8. The number of aliphatic carboxylic acids is 2. The fourth-order valence-electron chi connectivity index (χ4n) is 4.85. The van der Waals surface area contributed by atoms with Gasteiger partial charge in [-0.1, -0.05) is 0 Å². The molecule has 2 aliphatic rings. The molecule has 10 nitrogen and oxygen atoms in total. The number of carboxylic acid groups (broad SMARTS) is 2. The number of rotatable bonds is 8. The highest BCUT2D eigenvalue weighted by molar-refractivity contribution is 5.91. The highest BCUT2D eigenvalue weighted by Crippen LogP contribution is 2.33. The van der Waals surface area contributed by atoms with E-state index in [1.54, 1.807) is 29.0 Å². The number of carbonyl (C=O) groups excluding carboxylic acids is 1. The number of benzene rings is 1. The summed E-state index contributed by atoms with van der Waals surface area (Å²) in [5, 5.41) is 20.1. The summed E-state index contributed by atoms with van der Waals surface area (Å²) < 4.78 is 6.88. The molecule has 2 saturated heterocycles. The number of carbonyl (C=O) groups is 3. The van der Waals surface area contributed by atoms with Crippen LogP contribution >= 0.6 is 0 Å². The van der Waals surface area contributed by atoms with E-state index in [1.165, 1.54) is 7.11 Å². The molecule has 3 heterocycles. The molecule has 10 heteroatoms. The van der Waals surface area contributed by atoms with Crippen molar-refractivity contribution in [2.24, 2.45) is 0 Å². The van der Waals surface area contributed by atoms with Crippen molar-refractivity contribution in [2.75, 3.05) is 52.9 Å². The summed E-state index contributed by atoms with van der Waals surface area (Å²) in [6.07, 6.45) is 3.74. The maximum atomic E-state index is 12.5. The molecule has 0 radical (unpaired) electrons. The van der Waals surface area contributed by atoms with Gasteiger partial charge in [-0.05, 0) is 31.0 Å². The Hall–Kier alpha value is -3.11. The van der Waals surface area contributed by atoms with Crippen LogP contribution in [0.1, 0.15) is 24.4 Å². The summed E-state index contributed by atoms with van der Waals surface area (Å²) in [6.45, 7) is 3.94. The molecule has 0 aliphatic carbocycles. The first-order chi connectivity index (χ1) is 15.9. The van der Waals surface area contributed by atoms with Crippen LogP contribution < -0.4 is 4.74 Å². The molecule has 2 aromatic rings. The minimum Gasteiger partial charge on any atom is -0.497 e. The summed E-state index contributed by atoms with van der Waals surface area (Å²) in [6, 6.07) is 4.31. The smallest absolute Gasteiger partial charge is 0.325 e. The van der Waals surface area contributed by atoms with Crippen molar-refractivity contribution in [3.8, 4) is 5.75 Å². The van der Waals surface area contributed by atoms with Crippen LogP contribution in [0.25, 0.3) is 10.9 Å². The van der Waals surface area contributed by atoms with Gasteiger partial charge in [0.15, 0.2) is 0 Å². The van der Waals surface area contributed by atoms with Crippen molar-refractivity contribution in [2.45, 2.75) is 25.4 Å². The molecule has 1 atom stereocenters. The molecule has 1 amide bonds. The predicted octanol–water partition coefficient (Wildman–Crippen LogP) is 1.10. The van der Waals surface area contributed by atoms with Gasteiger partial charge < -0.3 is 24.4 Å². The van der Waals surface area contributed by atoms with Crippen LogP contribution in [0.2, 0.25) is 0 Å². The molecular formula is C23H30N4O6. The molecule has 178 valence electrons.